The fraction of sp³-hybridized carbons (Fsp3) is 0.727. The van der Waals surface area contributed by atoms with Gasteiger partial charge in [0, 0.05) is 0 Å². The summed E-state index contributed by atoms with van der Waals surface area (Å²) >= 11 is 0. The number of hydrogen-bond acceptors (Lipinski definition) is 0. The molecule has 0 saturated carbocycles. The van der Waals surface area contributed by atoms with Gasteiger partial charge in [0.25, 0.3) is 0 Å². The summed E-state index contributed by atoms with van der Waals surface area (Å²) in [4.78, 5) is 0. The average molecular weight is 257 g/mol. The first kappa shape index (κ1) is 19.5. The Balaban J connectivity index is -0.000000500. The Morgan fingerprint density at radius 2 is 1.62 bits per heavy atom. The van der Waals surface area contributed by atoms with Gasteiger partial charge in [0.05, 0.1) is 0 Å². The Bertz CT molecular complexity index is 92.1. The molecule has 0 aliphatic rings. The van der Waals surface area contributed by atoms with Crippen molar-refractivity contribution in [2.24, 2.45) is 0 Å². The molecule has 0 rings (SSSR count). The van der Waals surface area contributed by atoms with Gasteiger partial charge in [-0.05, 0) is 19.3 Å². The van der Waals surface area contributed by atoms with Crippen LogP contribution in [0.25, 0.3) is 0 Å². The Kier molecular flexibility index (Phi) is 28.1. The molecular formula is C11H21BrMg. The zero-order valence-corrected chi connectivity index (χ0v) is 11.9. The third-order valence-corrected chi connectivity index (χ3v) is 1.77. The second kappa shape index (κ2) is 18.7. The van der Waals surface area contributed by atoms with Crippen molar-refractivity contribution in [2.45, 2.75) is 51.9 Å². The van der Waals surface area contributed by atoms with Crippen molar-refractivity contribution in [1.29, 1.82) is 0 Å². The first-order valence-electron chi connectivity index (χ1n) is 4.86. The Labute approximate surface area is 110 Å². The zero-order valence-electron chi connectivity index (χ0n) is 8.90. The molecule has 0 atom stereocenters. The largest absolute Gasteiger partial charge is 2.00 e. The van der Waals surface area contributed by atoms with Crippen LogP contribution in [-0.4, -0.2) is 23.1 Å². The Hall–Kier alpha value is 0.986. The number of rotatable bonds is 7. The maximum Gasteiger partial charge on any atom is 2.00 e. The van der Waals surface area contributed by atoms with Gasteiger partial charge in [-0.1, -0.05) is 38.3 Å². The van der Waals surface area contributed by atoms with Crippen LogP contribution >= 0.6 is 0 Å². The van der Waals surface area contributed by atoms with Gasteiger partial charge in [-0.3, -0.25) is 0 Å². The van der Waals surface area contributed by atoms with E-state index < -0.39 is 0 Å². The minimum absolute atomic E-state index is 0. The van der Waals surface area contributed by atoms with Crippen molar-refractivity contribution in [2.75, 3.05) is 0 Å². The molecule has 0 heterocycles. The summed E-state index contributed by atoms with van der Waals surface area (Å²) < 4.78 is 0. The fourth-order valence-electron chi connectivity index (χ4n) is 1.08. The molecular weight excluding hydrogens is 236 g/mol. The van der Waals surface area contributed by atoms with Crippen LogP contribution in [0.15, 0.2) is 12.2 Å². The van der Waals surface area contributed by atoms with E-state index in [1.165, 1.54) is 38.5 Å². The Morgan fingerprint density at radius 3 is 2.15 bits per heavy atom. The van der Waals surface area contributed by atoms with Crippen LogP contribution < -0.4 is 17.0 Å². The summed E-state index contributed by atoms with van der Waals surface area (Å²) in [7, 11) is 0. The van der Waals surface area contributed by atoms with Gasteiger partial charge in [0.15, 0.2) is 0 Å². The molecule has 0 saturated heterocycles. The van der Waals surface area contributed by atoms with Crippen LogP contribution in [0.5, 0.6) is 0 Å². The molecule has 0 unspecified atom stereocenters. The average Bonchev–Trinajstić information content (AvgIpc) is 2.03. The van der Waals surface area contributed by atoms with E-state index in [1.807, 2.05) is 0 Å². The van der Waals surface area contributed by atoms with E-state index in [4.69, 9.17) is 0 Å². The second-order valence-electron chi connectivity index (χ2n) is 2.94. The minimum atomic E-state index is 0. The molecule has 13 heavy (non-hydrogen) atoms. The van der Waals surface area contributed by atoms with Gasteiger partial charge < -0.3 is 23.9 Å². The summed E-state index contributed by atoms with van der Waals surface area (Å²) in [6, 6.07) is 0. The number of allylic oxidation sites excluding steroid dienone is 2. The molecule has 0 nitrogen and oxygen atoms in total. The molecule has 74 valence electrons. The van der Waals surface area contributed by atoms with Gasteiger partial charge in [0.1, 0.15) is 0 Å². The van der Waals surface area contributed by atoms with E-state index >= 15 is 0 Å². The first-order valence-corrected chi connectivity index (χ1v) is 4.86. The SMILES string of the molecule is [Br-].[CH2-]CCCCCC/C=C\CC.[Mg+2]. The molecule has 0 aliphatic heterocycles. The third kappa shape index (κ3) is 19.4. The van der Waals surface area contributed by atoms with Crippen molar-refractivity contribution < 1.29 is 17.0 Å². The zero-order chi connectivity index (χ0) is 8.36. The molecule has 0 bridgehead atoms. The van der Waals surface area contributed by atoms with Crippen molar-refractivity contribution in [3.8, 4) is 0 Å². The molecule has 0 fully saturated rings. The predicted molar refractivity (Wildman–Crippen MR) is 58.2 cm³/mol. The van der Waals surface area contributed by atoms with Crippen LogP contribution in [0, 0.1) is 6.92 Å². The van der Waals surface area contributed by atoms with Crippen LogP contribution in [-0.2, 0) is 0 Å². The Morgan fingerprint density at radius 1 is 1.00 bits per heavy atom. The van der Waals surface area contributed by atoms with Gasteiger partial charge in [0.2, 0.25) is 0 Å². The molecule has 0 amide bonds. The molecule has 0 aliphatic carbocycles. The fourth-order valence-corrected chi connectivity index (χ4v) is 1.08. The van der Waals surface area contributed by atoms with Gasteiger partial charge in [-0.25, -0.2) is 0 Å². The van der Waals surface area contributed by atoms with E-state index in [1.54, 1.807) is 0 Å². The third-order valence-electron chi connectivity index (χ3n) is 1.77. The van der Waals surface area contributed by atoms with Gasteiger partial charge >= 0.3 is 23.1 Å². The van der Waals surface area contributed by atoms with E-state index in [2.05, 4.69) is 26.0 Å². The molecule has 0 aromatic carbocycles. The molecule has 0 spiro atoms. The summed E-state index contributed by atoms with van der Waals surface area (Å²) in [6.07, 6.45) is 13.5. The van der Waals surface area contributed by atoms with Crippen LogP contribution in [0.4, 0.5) is 0 Å². The second-order valence-corrected chi connectivity index (χ2v) is 2.94. The van der Waals surface area contributed by atoms with E-state index in [9.17, 15) is 0 Å². The van der Waals surface area contributed by atoms with Crippen LogP contribution in [0.1, 0.15) is 51.9 Å². The first-order chi connectivity index (χ1) is 5.41. The number of hydrogen-bond donors (Lipinski definition) is 0. The summed E-state index contributed by atoms with van der Waals surface area (Å²) in [5.41, 5.74) is 0. The van der Waals surface area contributed by atoms with Crippen LogP contribution in [0.2, 0.25) is 0 Å². The maximum atomic E-state index is 3.82. The quantitative estimate of drug-likeness (QED) is 0.273. The summed E-state index contributed by atoms with van der Waals surface area (Å²) in [5, 5.41) is 0. The smallest absolute Gasteiger partial charge is 1.00 e. The van der Waals surface area contributed by atoms with E-state index in [-0.39, 0.29) is 40.0 Å². The van der Waals surface area contributed by atoms with Gasteiger partial charge in [-0.2, -0.15) is 6.42 Å². The summed E-state index contributed by atoms with van der Waals surface area (Å²) in [6.45, 7) is 6.00. The van der Waals surface area contributed by atoms with Crippen molar-refractivity contribution >= 4 is 23.1 Å². The molecule has 0 N–H and O–H groups in total. The normalized spacial score (nSPS) is 9.38. The van der Waals surface area contributed by atoms with Crippen molar-refractivity contribution in [3.63, 3.8) is 0 Å². The standard InChI is InChI=1S/C11H21.BrH.Mg/c1-3-5-7-9-11-10-8-6-4-2;;/h6,8H,1,3-5,7,9-11H2,2H3;1H;/q-1;;+2/p-1/b8-6-;;. The number of halogens is 1. The van der Waals surface area contributed by atoms with Gasteiger partial charge in [-0.15, -0.1) is 0 Å². The minimum Gasteiger partial charge on any atom is -1.00 e. The molecule has 0 aromatic rings. The van der Waals surface area contributed by atoms with Crippen molar-refractivity contribution in [1.82, 2.24) is 0 Å². The topological polar surface area (TPSA) is 0 Å². The van der Waals surface area contributed by atoms with E-state index in [0.29, 0.717) is 0 Å². The maximum absolute atomic E-state index is 3.82. The molecule has 0 radical (unpaired) electrons. The number of unbranched alkanes of at least 4 members (excludes halogenated alkanes) is 5. The van der Waals surface area contributed by atoms with E-state index in [0.717, 1.165) is 6.42 Å². The molecule has 2 heteroatoms. The van der Waals surface area contributed by atoms with Crippen molar-refractivity contribution in [3.05, 3.63) is 19.1 Å². The summed E-state index contributed by atoms with van der Waals surface area (Å²) in [5.74, 6) is 0. The molecule has 0 aromatic heterocycles. The monoisotopic (exact) mass is 256 g/mol. The predicted octanol–water partition coefficient (Wildman–Crippen LogP) is 0.750. The van der Waals surface area contributed by atoms with Crippen LogP contribution in [0.3, 0.4) is 0 Å².